The molecule has 0 spiro atoms. The fourth-order valence-electron chi connectivity index (χ4n) is 2.88. The minimum absolute atomic E-state index is 0.00509. The number of hydrogen-bond acceptors (Lipinski definition) is 9. The molecular weight excluding hydrogens is 494 g/mol. The first-order chi connectivity index (χ1) is 14.9. The lowest BCUT2D eigenvalue weighted by Crippen LogP contribution is -2.09. The SMILES string of the molecule is CCc1nc(-c2cc(NCCc3c(F)cc(Br)cc3F)ncn2)sc1-c1noc(O)n1. The van der Waals surface area contributed by atoms with Crippen molar-refractivity contribution in [3.8, 4) is 27.5 Å². The van der Waals surface area contributed by atoms with Gasteiger partial charge in [0.15, 0.2) is 0 Å². The van der Waals surface area contributed by atoms with Crippen molar-refractivity contribution in [2.45, 2.75) is 19.8 Å². The molecule has 2 N–H and O–H groups in total. The van der Waals surface area contributed by atoms with Gasteiger partial charge in [-0.3, -0.25) is 4.52 Å². The van der Waals surface area contributed by atoms with Gasteiger partial charge in [-0.15, -0.1) is 11.3 Å². The number of thiazole rings is 1. The van der Waals surface area contributed by atoms with Crippen molar-refractivity contribution >= 4 is 33.1 Å². The molecule has 0 aliphatic heterocycles. The molecule has 0 fully saturated rings. The van der Waals surface area contributed by atoms with E-state index in [9.17, 15) is 13.9 Å². The Labute approximate surface area is 187 Å². The Kier molecular flexibility index (Phi) is 6.18. The third kappa shape index (κ3) is 4.69. The summed E-state index contributed by atoms with van der Waals surface area (Å²) in [6, 6.07) is 4.16. The van der Waals surface area contributed by atoms with Gasteiger partial charge in [-0.25, -0.2) is 23.7 Å². The highest BCUT2D eigenvalue weighted by Crippen LogP contribution is 2.34. The third-order valence-electron chi connectivity index (χ3n) is 4.32. The molecule has 0 saturated carbocycles. The van der Waals surface area contributed by atoms with Crippen LogP contribution in [0.5, 0.6) is 6.08 Å². The Balaban J connectivity index is 1.51. The van der Waals surface area contributed by atoms with E-state index in [-0.39, 0.29) is 24.4 Å². The first-order valence-corrected chi connectivity index (χ1v) is 10.8. The van der Waals surface area contributed by atoms with Gasteiger partial charge in [0.2, 0.25) is 5.82 Å². The van der Waals surface area contributed by atoms with Crippen molar-refractivity contribution in [2.75, 3.05) is 11.9 Å². The summed E-state index contributed by atoms with van der Waals surface area (Å²) >= 11 is 4.38. The fourth-order valence-corrected chi connectivity index (χ4v) is 4.33. The molecule has 4 rings (SSSR count). The lowest BCUT2D eigenvalue weighted by molar-refractivity contribution is 0.267. The van der Waals surface area contributed by atoms with Crippen LogP contribution in [0.1, 0.15) is 18.2 Å². The molecule has 1 aromatic carbocycles. The van der Waals surface area contributed by atoms with E-state index in [1.807, 2.05) is 6.92 Å². The highest BCUT2D eigenvalue weighted by Gasteiger charge is 2.19. The molecule has 0 saturated heterocycles. The molecule has 0 aliphatic carbocycles. The van der Waals surface area contributed by atoms with Gasteiger partial charge >= 0.3 is 6.08 Å². The number of benzene rings is 1. The van der Waals surface area contributed by atoms with Gasteiger partial charge in [0.1, 0.15) is 34.5 Å². The van der Waals surface area contributed by atoms with E-state index >= 15 is 0 Å². The highest BCUT2D eigenvalue weighted by atomic mass is 79.9. The van der Waals surface area contributed by atoms with Gasteiger partial charge in [-0.1, -0.05) is 28.0 Å². The molecule has 0 atom stereocenters. The van der Waals surface area contributed by atoms with Gasteiger partial charge in [0.05, 0.1) is 10.6 Å². The number of aromatic hydroxyl groups is 1. The zero-order valence-corrected chi connectivity index (χ0v) is 18.5. The van der Waals surface area contributed by atoms with Crippen LogP contribution >= 0.6 is 27.3 Å². The monoisotopic (exact) mass is 508 g/mol. The van der Waals surface area contributed by atoms with Crippen molar-refractivity contribution in [1.82, 2.24) is 25.1 Å². The standard InChI is InChI=1S/C19H15BrF2N6O2S/c1-2-13-16(17-27-19(29)30-28-17)31-18(26-13)14-7-15(25-8-24-14)23-4-3-10-11(21)5-9(20)6-12(10)22/h5-8H,2-4H2,1H3,(H,23,24,25)(H,27,28,29). The zero-order valence-electron chi connectivity index (χ0n) is 16.1. The Morgan fingerprint density at radius 2 is 1.94 bits per heavy atom. The van der Waals surface area contributed by atoms with E-state index in [2.05, 4.69) is 50.9 Å². The Bertz CT molecular complexity index is 1210. The van der Waals surface area contributed by atoms with Gasteiger partial charge in [-0.05, 0) is 25.0 Å². The maximum atomic E-state index is 14.0. The first-order valence-electron chi connectivity index (χ1n) is 9.17. The number of aryl methyl sites for hydroxylation is 1. The fraction of sp³-hybridized carbons (Fsp3) is 0.211. The lowest BCUT2D eigenvalue weighted by atomic mass is 10.1. The highest BCUT2D eigenvalue weighted by molar-refractivity contribution is 9.10. The lowest BCUT2D eigenvalue weighted by Gasteiger charge is -2.08. The first kappa shape index (κ1) is 21.2. The maximum absolute atomic E-state index is 14.0. The summed E-state index contributed by atoms with van der Waals surface area (Å²) in [4.78, 5) is 17.5. The molecule has 4 aromatic rings. The van der Waals surface area contributed by atoms with Crippen LogP contribution < -0.4 is 5.32 Å². The molecule has 0 bridgehead atoms. The van der Waals surface area contributed by atoms with Crippen LogP contribution in [-0.4, -0.2) is 36.7 Å². The summed E-state index contributed by atoms with van der Waals surface area (Å²) in [5.74, 6) is -0.460. The molecule has 8 nitrogen and oxygen atoms in total. The summed E-state index contributed by atoms with van der Waals surface area (Å²) in [5.41, 5.74) is 1.32. The summed E-state index contributed by atoms with van der Waals surface area (Å²) in [6.07, 6.45) is 1.64. The summed E-state index contributed by atoms with van der Waals surface area (Å²) < 4.78 is 32.9. The molecule has 12 heteroatoms. The zero-order chi connectivity index (χ0) is 22.0. The molecule has 3 aromatic heterocycles. The summed E-state index contributed by atoms with van der Waals surface area (Å²) in [6.45, 7) is 2.22. The number of nitrogens with zero attached hydrogens (tertiary/aromatic N) is 5. The average molecular weight is 509 g/mol. The number of halogens is 3. The van der Waals surface area contributed by atoms with Crippen molar-refractivity contribution in [1.29, 1.82) is 0 Å². The van der Waals surface area contributed by atoms with Crippen molar-refractivity contribution in [2.24, 2.45) is 0 Å². The molecule has 31 heavy (non-hydrogen) atoms. The molecule has 3 heterocycles. The maximum Gasteiger partial charge on any atom is 0.415 e. The molecule has 0 unspecified atom stereocenters. The Hall–Kier alpha value is -2.99. The number of hydrogen-bond donors (Lipinski definition) is 2. The molecule has 0 aliphatic rings. The van der Waals surface area contributed by atoms with E-state index in [0.717, 1.165) is 5.69 Å². The quantitative estimate of drug-likeness (QED) is 0.372. The van der Waals surface area contributed by atoms with Crippen LogP contribution in [0.3, 0.4) is 0 Å². The van der Waals surface area contributed by atoms with Crippen LogP contribution in [-0.2, 0) is 12.8 Å². The number of aromatic nitrogens is 5. The normalized spacial score (nSPS) is 11.1. The van der Waals surface area contributed by atoms with Crippen LogP contribution in [0.25, 0.3) is 21.4 Å². The largest absolute Gasteiger partial charge is 0.464 e. The van der Waals surface area contributed by atoms with Gasteiger partial charge < -0.3 is 10.4 Å². The second-order valence-electron chi connectivity index (χ2n) is 6.36. The second-order valence-corrected chi connectivity index (χ2v) is 8.28. The van der Waals surface area contributed by atoms with Gasteiger partial charge in [-0.2, -0.15) is 4.98 Å². The van der Waals surface area contributed by atoms with E-state index < -0.39 is 17.7 Å². The Morgan fingerprint density at radius 3 is 2.61 bits per heavy atom. The molecule has 0 amide bonds. The predicted octanol–water partition coefficient (Wildman–Crippen LogP) is 4.61. The van der Waals surface area contributed by atoms with Crippen LogP contribution in [0.15, 0.2) is 33.5 Å². The van der Waals surface area contributed by atoms with Crippen molar-refractivity contribution < 1.29 is 18.4 Å². The molecular formula is C19H15BrF2N6O2S. The van der Waals surface area contributed by atoms with Gasteiger partial charge in [0, 0.05) is 22.6 Å². The number of anilines is 1. The molecule has 0 radical (unpaired) electrons. The third-order valence-corrected chi connectivity index (χ3v) is 5.90. The second kappa shape index (κ2) is 9.02. The minimum Gasteiger partial charge on any atom is -0.464 e. The van der Waals surface area contributed by atoms with E-state index in [1.165, 1.54) is 29.8 Å². The minimum atomic E-state index is -0.605. The number of rotatable bonds is 7. The van der Waals surface area contributed by atoms with E-state index in [4.69, 9.17) is 0 Å². The van der Waals surface area contributed by atoms with Crippen molar-refractivity contribution in [3.63, 3.8) is 0 Å². The van der Waals surface area contributed by atoms with Gasteiger partial charge in [0.25, 0.3) is 0 Å². The molecule has 160 valence electrons. The average Bonchev–Trinajstić information content (AvgIpc) is 3.36. The summed E-state index contributed by atoms with van der Waals surface area (Å²) in [7, 11) is 0. The number of nitrogens with one attached hydrogen (secondary N) is 1. The van der Waals surface area contributed by atoms with Crippen LogP contribution in [0, 0.1) is 11.6 Å². The van der Waals surface area contributed by atoms with Crippen molar-refractivity contribution in [3.05, 3.63) is 51.9 Å². The van der Waals surface area contributed by atoms with E-state index in [1.54, 1.807) is 6.07 Å². The van der Waals surface area contributed by atoms with E-state index in [0.29, 0.717) is 32.3 Å². The Morgan fingerprint density at radius 1 is 1.16 bits per heavy atom. The van der Waals surface area contributed by atoms with Crippen LogP contribution in [0.2, 0.25) is 0 Å². The predicted molar refractivity (Wildman–Crippen MR) is 114 cm³/mol. The topological polar surface area (TPSA) is 110 Å². The van der Waals surface area contributed by atoms with Crippen LogP contribution in [0.4, 0.5) is 14.6 Å². The smallest absolute Gasteiger partial charge is 0.415 e. The summed E-state index contributed by atoms with van der Waals surface area (Å²) in [5, 5.41) is 16.7.